The lowest BCUT2D eigenvalue weighted by atomic mass is 10.1. The first kappa shape index (κ1) is 20.7. The van der Waals surface area contributed by atoms with Crippen LogP contribution in [0.3, 0.4) is 0 Å². The average molecular weight is 290 g/mol. The van der Waals surface area contributed by atoms with E-state index in [-0.39, 0.29) is 5.91 Å². The maximum absolute atomic E-state index is 10.4. The Hall–Kier alpha value is -1.63. The van der Waals surface area contributed by atoms with E-state index in [1.807, 2.05) is 20.8 Å². The molecule has 7 nitrogen and oxygen atoms in total. The average Bonchev–Trinajstić information content (AvgIpc) is 2.86. The summed E-state index contributed by atoms with van der Waals surface area (Å²) in [5.74, 6) is -2.01. The van der Waals surface area contributed by atoms with Gasteiger partial charge >= 0.3 is 11.9 Å². The standard InChI is InChI=1S/C6H13NO2.C5H7NO3.C2H6/c1-2-3-4-5(7)6(8)9;7-4-2-1-3(6-4)5(8)9;1-2/h5H,2-4,7H2,1H3,(H,8,9);3H,1-2H2,(H,6,7)(H,8,9);1-2H3. The summed E-state index contributed by atoms with van der Waals surface area (Å²) in [4.78, 5) is 30.6. The Morgan fingerprint density at radius 3 is 2.20 bits per heavy atom. The zero-order valence-corrected chi connectivity index (χ0v) is 12.4. The van der Waals surface area contributed by atoms with Crippen LogP contribution in [0.1, 0.15) is 52.9 Å². The molecule has 1 aliphatic heterocycles. The Bertz CT molecular complexity index is 307. The Kier molecular flexibility index (Phi) is 12.8. The maximum Gasteiger partial charge on any atom is 0.326 e. The largest absolute Gasteiger partial charge is 0.480 e. The second-order valence-corrected chi connectivity index (χ2v) is 4.08. The molecule has 0 saturated carbocycles. The third kappa shape index (κ3) is 10.3. The van der Waals surface area contributed by atoms with Crippen molar-refractivity contribution in [2.45, 2.75) is 65.0 Å². The monoisotopic (exact) mass is 290 g/mol. The molecule has 0 radical (unpaired) electrons. The van der Waals surface area contributed by atoms with Crippen LogP contribution in [-0.4, -0.2) is 40.1 Å². The lowest BCUT2D eigenvalue weighted by Crippen LogP contribution is -2.32. The molecule has 0 aliphatic carbocycles. The smallest absolute Gasteiger partial charge is 0.326 e. The molecule has 0 aromatic rings. The van der Waals surface area contributed by atoms with Crippen LogP contribution < -0.4 is 11.1 Å². The number of nitrogens with one attached hydrogen (secondary N) is 1. The van der Waals surface area contributed by atoms with E-state index in [9.17, 15) is 14.4 Å². The number of carbonyl (C=O) groups is 3. The summed E-state index contributed by atoms with van der Waals surface area (Å²) in [7, 11) is 0. The highest BCUT2D eigenvalue weighted by Gasteiger charge is 2.26. The van der Waals surface area contributed by atoms with Crippen molar-refractivity contribution in [3.8, 4) is 0 Å². The number of amides is 1. The molecule has 0 aromatic carbocycles. The van der Waals surface area contributed by atoms with Crippen LogP contribution in [0.5, 0.6) is 0 Å². The highest BCUT2D eigenvalue weighted by Crippen LogP contribution is 2.05. The van der Waals surface area contributed by atoms with Gasteiger partial charge < -0.3 is 21.3 Å². The SMILES string of the molecule is CC.CCCCC(N)C(=O)O.O=C1CCC(C(=O)O)N1. The van der Waals surface area contributed by atoms with E-state index < -0.39 is 24.0 Å². The minimum absolute atomic E-state index is 0.164. The van der Waals surface area contributed by atoms with Crippen molar-refractivity contribution in [2.24, 2.45) is 5.73 Å². The topological polar surface area (TPSA) is 130 Å². The molecule has 1 saturated heterocycles. The molecule has 118 valence electrons. The molecule has 0 spiro atoms. The summed E-state index contributed by atoms with van der Waals surface area (Å²) in [5, 5.41) is 18.9. The minimum atomic E-state index is -0.944. The number of nitrogens with two attached hydrogens (primary N) is 1. The lowest BCUT2D eigenvalue weighted by molar-refractivity contribution is -0.140. The van der Waals surface area contributed by atoms with E-state index >= 15 is 0 Å². The van der Waals surface area contributed by atoms with Crippen molar-refractivity contribution in [2.75, 3.05) is 0 Å². The number of carbonyl (C=O) groups excluding carboxylic acids is 1. The highest BCUT2D eigenvalue weighted by atomic mass is 16.4. The van der Waals surface area contributed by atoms with Crippen molar-refractivity contribution >= 4 is 17.8 Å². The van der Waals surface area contributed by atoms with Gasteiger partial charge in [0, 0.05) is 6.42 Å². The van der Waals surface area contributed by atoms with Gasteiger partial charge in [0.1, 0.15) is 12.1 Å². The molecule has 1 rings (SSSR count). The number of aliphatic carboxylic acids is 2. The zero-order chi connectivity index (χ0) is 16.1. The fourth-order valence-electron chi connectivity index (χ4n) is 1.35. The molecule has 7 heteroatoms. The van der Waals surface area contributed by atoms with Gasteiger partial charge in [0.2, 0.25) is 5.91 Å². The van der Waals surface area contributed by atoms with Crippen molar-refractivity contribution in [1.29, 1.82) is 0 Å². The van der Waals surface area contributed by atoms with E-state index in [1.54, 1.807) is 0 Å². The summed E-state index contributed by atoms with van der Waals surface area (Å²) in [6, 6.07) is -1.30. The predicted molar refractivity (Wildman–Crippen MR) is 75.3 cm³/mol. The molecule has 20 heavy (non-hydrogen) atoms. The Balaban J connectivity index is 0. The Labute approximate surface area is 119 Å². The van der Waals surface area contributed by atoms with Crippen LogP contribution in [-0.2, 0) is 14.4 Å². The number of rotatable bonds is 5. The molecule has 1 heterocycles. The van der Waals surface area contributed by atoms with Crippen LogP contribution in [0.2, 0.25) is 0 Å². The zero-order valence-electron chi connectivity index (χ0n) is 12.4. The normalized spacial score (nSPS) is 17.8. The fourth-order valence-corrected chi connectivity index (χ4v) is 1.35. The first-order chi connectivity index (χ1) is 9.38. The first-order valence-corrected chi connectivity index (χ1v) is 6.89. The second kappa shape index (κ2) is 12.4. The second-order valence-electron chi connectivity index (χ2n) is 4.08. The summed E-state index contributed by atoms with van der Waals surface area (Å²) in [5.41, 5.74) is 5.20. The number of carboxylic acids is 2. The summed E-state index contributed by atoms with van der Waals surface area (Å²) in [6.45, 7) is 6.01. The predicted octanol–water partition coefficient (Wildman–Crippen LogP) is 0.964. The van der Waals surface area contributed by atoms with E-state index in [0.717, 1.165) is 12.8 Å². The molecule has 1 aliphatic rings. The van der Waals surface area contributed by atoms with Crippen molar-refractivity contribution in [1.82, 2.24) is 5.32 Å². The molecule has 0 bridgehead atoms. The van der Waals surface area contributed by atoms with Crippen LogP contribution in [0.15, 0.2) is 0 Å². The molecule has 1 amide bonds. The number of hydrogen-bond acceptors (Lipinski definition) is 4. The summed E-state index contributed by atoms with van der Waals surface area (Å²) >= 11 is 0. The Morgan fingerprint density at radius 1 is 1.40 bits per heavy atom. The quantitative estimate of drug-likeness (QED) is 0.596. The summed E-state index contributed by atoms with van der Waals surface area (Å²) < 4.78 is 0. The minimum Gasteiger partial charge on any atom is -0.480 e. The van der Waals surface area contributed by atoms with Gasteiger partial charge in [0.15, 0.2) is 0 Å². The van der Waals surface area contributed by atoms with Crippen LogP contribution in [0, 0.1) is 0 Å². The molecule has 2 atom stereocenters. The number of carboxylic acid groups (broad SMARTS) is 2. The van der Waals surface area contributed by atoms with Crippen molar-refractivity contribution in [3.63, 3.8) is 0 Å². The summed E-state index contributed by atoms with van der Waals surface area (Å²) in [6.07, 6.45) is 3.26. The highest BCUT2D eigenvalue weighted by molar-refractivity contribution is 5.87. The van der Waals surface area contributed by atoms with Gasteiger partial charge in [-0.3, -0.25) is 9.59 Å². The molecule has 5 N–H and O–H groups in total. The fraction of sp³-hybridized carbons (Fsp3) is 0.769. The van der Waals surface area contributed by atoms with Crippen LogP contribution in [0.4, 0.5) is 0 Å². The lowest BCUT2D eigenvalue weighted by Gasteiger charge is -2.02. The van der Waals surface area contributed by atoms with Gasteiger partial charge in [-0.1, -0.05) is 33.6 Å². The van der Waals surface area contributed by atoms with Gasteiger partial charge in [-0.05, 0) is 12.8 Å². The van der Waals surface area contributed by atoms with Gasteiger partial charge in [-0.15, -0.1) is 0 Å². The van der Waals surface area contributed by atoms with Gasteiger partial charge in [0.25, 0.3) is 0 Å². The number of unbranched alkanes of at least 4 members (excludes halogenated alkanes) is 1. The Morgan fingerprint density at radius 2 is 1.95 bits per heavy atom. The van der Waals surface area contributed by atoms with Crippen LogP contribution >= 0.6 is 0 Å². The van der Waals surface area contributed by atoms with Gasteiger partial charge in [-0.2, -0.15) is 0 Å². The first-order valence-electron chi connectivity index (χ1n) is 6.89. The molecule has 1 fully saturated rings. The third-order valence-electron chi connectivity index (χ3n) is 2.48. The molecular weight excluding hydrogens is 264 g/mol. The van der Waals surface area contributed by atoms with Crippen molar-refractivity contribution < 1.29 is 24.6 Å². The van der Waals surface area contributed by atoms with E-state index in [4.69, 9.17) is 15.9 Å². The van der Waals surface area contributed by atoms with Crippen molar-refractivity contribution in [3.05, 3.63) is 0 Å². The van der Waals surface area contributed by atoms with E-state index in [0.29, 0.717) is 19.3 Å². The van der Waals surface area contributed by atoms with Crippen LogP contribution in [0.25, 0.3) is 0 Å². The van der Waals surface area contributed by atoms with Gasteiger partial charge in [0.05, 0.1) is 0 Å². The van der Waals surface area contributed by atoms with Gasteiger partial charge in [-0.25, -0.2) is 4.79 Å². The molecule has 2 unspecified atom stereocenters. The maximum atomic E-state index is 10.4. The number of hydrogen-bond donors (Lipinski definition) is 4. The van der Waals surface area contributed by atoms with E-state index in [2.05, 4.69) is 5.32 Å². The van der Waals surface area contributed by atoms with E-state index in [1.165, 1.54) is 0 Å². The third-order valence-corrected chi connectivity index (χ3v) is 2.48. The molecule has 0 aromatic heterocycles. The molecular formula is C13H26N2O5.